The average molecular weight is 325 g/mol. The predicted octanol–water partition coefficient (Wildman–Crippen LogP) is 2.46. The van der Waals surface area contributed by atoms with Gasteiger partial charge in [0.25, 0.3) is 0 Å². The number of carbonyl (C=O) groups excluding carboxylic acids is 1. The lowest BCUT2D eigenvalue weighted by atomic mass is 10.1. The van der Waals surface area contributed by atoms with Crippen molar-refractivity contribution < 1.29 is 4.79 Å². The van der Waals surface area contributed by atoms with E-state index in [1.165, 1.54) is 0 Å². The van der Waals surface area contributed by atoms with Gasteiger partial charge in [-0.15, -0.1) is 0 Å². The van der Waals surface area contributed by atoms with Crippen LogP contribution in [0.1, 0.15) is 5.56 Å². The molecule has 0 N–H and O–H groups in total. The van der Waals surface area contributed by atoms with Gasteiger partial charge in [-0.1, -0.05) is 28.1 Å². The smallest absolute Gasteiger partial charge is 0.228 e. The van der Waals surface area contributed by atoms with Crippen molar-refractivity contribution in [3.8, 4) is 6.07 Å². The van der Waals surface area contributed by atoms with E-state index >= 15 is 0 Å². The van der Waals surface area contributed by atoms with Gasteiger partial charge in [-0.2, -0.15) is 17.0 Å². The number of hydrogen-bond donors (Lipinski definition) is 0. The number of rotatable bonds is 2. The fraction of sp³-hybridized carbons (Fsp3) is 0.385. The molecule has 1 aromatic rings. The summed E-state index contributed by atoms with van der Waals surface area (Å²) in [7, 11) is 0. The maximum absolute atomic E-state index is 12.2. The Balaban J connectivity index is 2.05. The Morgan fingerprint density at radius 3 is 3.17 bits per heavy atom. The summed E-state index contributed by atoms with van der Waals surface area (Å²) in [5, 5.41) is 9.06. The third kappa shape index (κ3) is 3.27. The van der Waals surface area contributed by atoms with Crippen molar-refractivity contribution in [1.29, 1.82) is 5.26 Å². The minimum absolute atomic E-state index is 0.0416. The molecule has 1 aromatic carbocycles. The molecule has 1 heterocycles. The van der Waals surface area contributed by atoms with Gasteiger partial charge >= 0.3 is 0 Å². The largest absolute Gasteiger partial charge is 0.325 e. The first-order valence-electron chi connectivity index (χ1n) is 5.72. The molecule has 0 radical (unpaired) electrons. The maximum Gasteiger partial charge on any atom is 0.228 e. The normalized spacial score (nSPS) is 19.3. The van der Waals surface area contributed by atoms with Crippen molar-refractivity contribution in [3.63, 3.8) is 0 Å². The molecule has 1 aliphatic rings. The van der Waals surface area contributed by atoms with Gasteiger partial charge in [-0.05, 0) is 17.7 Å². The van der Waals surface area contributed by atoms with Crippen LogP contribution in [0.5, 0.6) is 0 Å². The molecule has 1 amide bonds. The summed E-state index contributed by atoms with van der Waals surface area (Å²) >= 11 is 5.13. The fourth-order valence-electron chi connectivity index (χ4n) is 1.93. The summed E-state index contributed by atoms with van der Waals surface area (Å²) in [4.78, 5) is 13.9. The van der Waals surface area contributed by atoms with E-state index in [4.69, 9.17) is 5.26 Å². The van der Waals surface area contributed by atoms with Crippen LogP contribution in [0.15, 0.2) is 28.7 Å². The van der Waals surface area contributed by atoms with Crippen molar-refractivity contribution in [2.24, 2.45) is 0 Å². The van der Waals surface area contributed by atoms with E-state index in [1.54, 1.807) is 16.7 Å². The molecule has 0 spiro atoms. The van der Waals surface area contributed by atoms with E-state index < -0.39 is 0 Å². The predicted molar refractivity (Wildman–Crippen MR) is 76.3 cm³/mol. The number of halogens is 1. The average Bonchev–Trinajstić information content (AvgIpc) is 2.38. The van der Waals surface area contributed by atoms with Gasteiger partial charge in [0.2, 0.25) is 5.91 Å². The molecule has 2 rings (SSSR count). The van der Waals surface area contributed by atoms with E-state index in [0.29, 0.717) is 13.0 Å². The molecular weight excluding hydrogens is 312 g/mol. The number of thioether (sulfide) groups is 1. The van der Waals surface area contributed by atoms with Crippen LogP contribution in [0.3, 0.4) is 0 Å². The number of nitriles is 1. The third-order valence-corrected chi connectivity index (χ3v) is 4.36. The lowest BCUT2D eigenvalue weighted by Gasteiger charge is -2.31. The molecule has 1 atom stereocenters. The molecule has 1 fully saturated rings. The molecule has 18 heavy (non-hydrogen) atoms. The van der Waals surface area contributed by atoms with Gasteiger partial charge in [0.1, 0.15) is 6.04 Å². The number of carbonyl (C=O) groups is 1. The van der Waals surface area contributed by atoms with Crippen LogP contribution in [0, 0.1) is 11.3 Å². The number of benzene rings is 1. The van der Waals surface area contributed by atoms with Gasteiger partial charge < -0.3 is 4.90 Å². The molecule has 0 unspecified atom stereocenters. The van der Waals surface area contributed by atoms with Crippen molar-refractivity contribution in [2.45, 2.75) is 12.5 Å². The Hall–Kier alpha value is -0.990. The maximum atomic E-state index is 12.2. The van der Waals surface area contributed by atoms with Crippen molar-refractivity contribution in [1.82, 2.24) is 4.90 Å². The third-order valence-electron chi connectivity index (χ3n) is 2.84. The molecule has 1 aliphatic heterocycles. The summed E-state index contributed by atoms with van der Waals surface area (Å²) in [5.74, 6) is 1.68. The van der Waals surface area contributed by atoms with Crippen molar-refractivity contribution in [3.05, 3.63) is 34.3 Å². The molecule has 5 heteroatoms. The molecule has 0 bridgehead atoms. The summed E-state index contributed by atoms with van der Waals surface area (Å²) < 4.78 is 0.971. The number of amides is 1. The Bertz CT molecular complexity index is 486. The summed E-state index contributed by atoms with van der Waals surface area (Å²) in [6.45, 7) is 0.676. The first-order valence-corrected chi connectivity index (χ1v) is 7.67. The lowest BCUT2D eigenvalue weighted by molar-refractivity contribution is -0.131. The summed E-state index contributed by atoms with van der Waals surface area (Å²) in [6.07, 6.45) is 0.363. The van der Waals surface area contributed by atoms with Crippen LogP contribution in [-0.2, 0) is 11.2 Å². The van der Waals surface area contributed by atoms with E-state index in [2.05, 4.69) is 22.0 Å². The Morgan fingerprint density at radius 2 is 2.44 bits per heavy atom. The minimum atomic E-state index is -0.275. The van der Waals surface area contributed by atoms with Crippen LogP contribution in [0.25, 0.3) is 0 Å². The second-order valence-corrected chi connectivity index (χ2v) is 6.18. The van der Waals surface area contributed by atoms with Crippen molar-refractivity contribution in [2.75, 3.05) is 18.1 Å². The standard InChI is InChI=1S/C13H13BrN2OS/c14-11-3-1-2-10(6-11)7-13(17)16-4-5-18-9-12(16)8-15/h1-3,6,12H,4-5,7,9H2/t12-/m1/s1. The Morgan fingerprint density at radius 1 is 1.61 bits per heavy atom. The molecule has 0 aromatic heterocycles. The monoisotopic (exact) mass is 324 g/mol. The summed E-state index contributed by atoms with van der Waals surface area (Å²) in [6, 6.07) is 9.66. The highest BCUT2D eigenvalue weighted by Gasteiger charge is 2.26. The Labute approximate surface area is 119 Å². The number of nitrogens with zero attached hydrogens (tertiary/aromatic N) is 2. The highest BCUT2D eigenvalue weighted by molar-refractivity contribution is 9.10. The molecule has 0 saturated carbocycles. The van der Waals surface area contributed by atoms with E-state index in [0.717, 1.165) is 21.5 Å². The van der Waals surface area contributed by atoms with Crippen LogP contribution < -0.4 is 0 Å². The SMILES string of the molecule is N#C[C@@H]1CSCCN1C(=O)Cc1cccc(Br)c1. The van der Waals surface area contributed by atoms with Gasteiger partial charge in [-0.25, -0.2) is 0 Å². The molecule has 94 valence electrons. The molecule has 3 nitrogen and oxygen atoms in total. The highest BCUT2D eigenvalue weighted by atomic mass is 79.9. The topological polar surface area (TPSA) is 44.1 Å². The van der Waals surface area contributed by atoms with E-state index in [1.807, 2.05) is 24.3 Å². The quantitative estimate of drug-likeness (QED) is 0.839. The first kappa shape index (κ1) is 13.4. The van der Waals surface area contributed by atoms with E-state index in [-0.39, 0.29) is 11.9 Å². The molecular formula is C13H13BrN2OS. The highest BCUT2D eigenvalue weighted by Crippen LogP contribution is 2.18. The van der Waals surface area contributed by atoms with Crippen LogP contribution in [0.2, 0.25) is 0 Å². The second-order valence-electron chi connectivity index (χ2n) is 4.11. The van der Waals surface area contributed by atoms with Crippen LogP contribution >= 0.6 is 27.7 Å². The molecule has 1 saturated heterocycles. The zero-order valence-electron chi connectivity index (χ0n) is 9.80. The summed E-state index contributed by atoms with van der Waals surface area (Å²) in [5.41, 5.74) is 0.976. The van der Waals surface area contributed by atoms with Gasteiger partial charge in [0.15, 0.2) is 0 Å². The van der Waals surface area contributed by atoms with Crippen molar-refractivity contribution >= 4 is 33.6 Å². The first-order chi connectivity index (χ1) is 8.70. The lowest BCUT2D eigenvalue weighted by Crippen LogP contribution is -2.46. The minimum Gasteiger partial charge on any atom is -0.325 e. The van der Waals surface area contributed by atoms with E-state index in [9.17, 15) is 4.79 Å². The zero-order valence-corrected chi connectivity index (χ0v) is 12.2. The van der Waals surface area contributed by atoms with Crippen LogP contribution in [-0.4, -0.2) is 34.9 Å². The Kier molecular flexibility index (Phi) is 4.67. The zero-order chi connectivity index (χ0) is 13.0. The fourth-order valence-corrected chi connectivity index (χ4v) is 3.35. The van der Waals surface area contributed by atoms with Gasteiger partial charge in [-0.3, -0.25) is 4.79 Å². The van der Waals surface area contributed by atoms with Gasteiger partial charge in [0, 0.05) is 22.5 Å². The molecule has 0 aliphatic carbocycles. The number of hydrogen-bond acceptors (Lipinski definition) is 3. The van der Waals surface area contributed by atoms with Crippen LogP contribution in [0.4, 0.5) is 0 Å². The second kappa shape index (κ2) is 6.26. The van der Waals surface area contributed by atoms with Gasteiger partial charge in [0.05, 0.1) is 12.5 Å².